The standard InChI is InChI=1S/C21H20N4O6/c1-13(18(27)24-20(29)23-16-8-3-2-4-9-16)31-19(28)15-7-5-6-14(10-15)12-25-17(26)11-22-21(25)30/h2-10,13H,11-12H2,1H3,(H,22,30)(H2,23,24,27,29). The van der Waals surface area contributed by atoms with E-state index in [1.807, 2.05) is 0 Å². The van der Waals surface area contributed by atoms with Crippen molar-refractivity contribution in [2.45, 2.75) is 19.6 Å². The first-order valence-corrected chi connectivity index (χ1v) is 9.38. The Morgan fingerprint density at radius 1 is 1.10 bits per heavy atom. The van der Waals surface area contributed by atoms with Crippen LogP contribution in [0.3, 0.4) is 0 Å². The van der Waals surface area contributed by atoms with Crippen LogP contribution in [-0.2, 0) is 20.9 Å². The first-order chi connectivity index (χ1) is 14.8. The lowest BCUT2D eigenvalue weighted by atomic mass is 10.1. The molecule has 1 saturated heterocycles. The van der Waals surface area contributed by atoms with Gasteiger partial charge in [-0.3, -0.25) is 19.8 Å². The zero-order chi connectivity index (χ0) is 22.4. The molecule has 0 aromatic heterocycles. The summed E-state index contributed by atoms with van der Waals surface area (Å²) in [6, 6.07) is 13.4. The first kappa shape index (κ1) is 21.5. The fraction of sp³-hybridized carbons (Fsp3) is 0.190. The largest absolute Gasteiger partial charge is 0.449 e. The zero-order valence-corrected chi connectivity index (χ0v) is 16.6. The monoisotopic (exact) mass is 424 g/mol. The predicted octanol–water partition coefficient (Wildman–Crippen LogP) is 1.63. The molecule has 160 valence electrons. The highest BCUT2D eigenvalue weighted by Crippen LogP contribution is 2.13. The average Bonchev–Trinajstić information content (AvgIpc) is 3.06. The van der Waals surface area contributed by atoms with E-state index in [1.54, 1.807) is 42.5 Å². The number of nitrogens with zero attached hydrogens (tertiary/aromatic N) is 1. The van der Waals surface area contributed by atoms with Crippen LogP contribution in [0.1, 0.15) is 22.8 Å². The molecule has 3 rings (SSSR count). The Hall–Kier alpha value is -4.21. The quantitative estimate of drug-likeness (QED) is 0.477. The molecule has 1 heterocycles. The number of benzene rings is 2. The van der Waals surface area contributed by atoms with Gasteiger partial charge >= 0.3 is 18.0 Å². The molecule has 1 fully saturated rings. The summed E-state index contributed by atoms with van der Waals surface area (Å²) in [6.45, 7) is 1.27. The number of carbonyl (C=O) groups excluding carboxylic acids is 5. The van der Waals surface area contributed by atoms with Gasteiger partial charge in [-0.1, -0.05) is 30.3 Å². The molecule has 31 heavy (non-hydrogen) atoms. The molecule has 0 aliphatic carbocycles. The third-order valence-corrected chi connectivity index (χ3v) is 4.36. The Bertz CT molecular complexity index is 1010. The molecule has 10 nitrogen and oxygen atoms in total. The minimum atomic E-state index is -1.23. The first-order valence-electron chi connectivity index (χ1n) is 9.38. The highest BCUT2D eigenvalue weighted by Gasteiger charge is 2.28. The van der Waals surface area contributed by atoms with Gasteiger partial charge < -0.3 is 15.4 Å². The molecule has 1 aliphatic rings. The van der Waals surface area contributed by atoms with Gasteiger partial charge in [0, 0.05) is 5.69 Å². The van der Waals surface area contributed by atoms with Gasteiger partial charge in [-0.2, -0.15) is 0 Å². The van der Waals surface area contributed by atoms with Crippen LogP contribution in [0.15, 0.2) is 54.6 Å². The van der Waals surface area contributed by atoms with Crippen molar-refractivity contribution in [1.29, 1.82) is 0 Å². The Labute approximate surface area is 177 Å². The van der Waals surface area contributed by atoms with E-state index in [4.69, 9.17) is 4.74 Å². The number of para-hydroxylation sites is 1. The maximum atomic E-state index is 12.4. The Morgan fingerprint density at radius 3 is 2.52 bits per heavy atom. The van der Waals surface area contributed by atoms with Crippen molar-refractivity contribution in [2.24, 2.45) is 0 Å². The zero-order valence-electron chi connectivity index (χ0n) is 16.6. The Kier molecular flexibility index (Phi) is 6.61. The summed E-state index contributed by atoms with van der Waals surface area (Å²) in [5, 5.41) is 7.00. The number of esters is 1. The molecule has 0 radical (unpaired) electrons. The lowest BCUT2D eigenvalue weighted by Gasteiger charge is -2.15. The van der Waals surface area contributed by atoms with Crippen LogP contribution in [0.4, 0.5) is 15.3 Å². The summed E-state index contributed by atoms with van der Waals surface area (Å²) < 4.78 is 5.13. The highest BCUT2D eigenvalue weighted by atomic mass is 16.5. The highest BCUT2D eigenvalue weighted by molar-refractivity contribution is 6.03. The number of rotatable bonds is 6. The van der Waals surface area contributed by atoms with Crippen molar-refractivity contribution in [3.8, 4) is 0 Å². The van der Waals surface area contributed by atoms with Gasteiger partial charge in [0.25, 0.3) is 5.91 Å². The van der Waals surface area contributed by atoms with E-state index < -0.39 is 30.0 Å². The van der Waals surface area contributed by atoms with E-state index in [9.17, 15) is 24.0 Å². The fourth-order valence-corrected chi connectivity index (χ4v) is 2.77. The molecule has 1 unspecified atom stereocenters. The Morgan fingerprint density at radius 2 is 1.84 bits per heavy atom. The van der Waals surface area contributed by atoms with Gasteiger partial charge in [0.2, 0.25) is 5.91 Å². The molecule has 0 spiro atoms. The number of imide groups is 2. The number of hydrogen-bond acceptors (Lipinski definition) is 6. The van der Waals surface area contributed by atoms with Gasteiger partial charge in [0.1, 0.15) is 0 Å². The van der Waals surface area contributed by atoms with E-state index in [0.717, 1.165) is 4.90 Å². The van der Waals surface area contributed by atoms with Crippen LogP contribution < -0.4 is 16.0 Å². The summed E-state index contributed by atoms with van der Waals surface area (Å²) in [6.07, 6.45) is -1.23. The summed E-state index contributed by atoms with van der Waals surface area (Å²) in [5.74, 6) is -1.94. The number of urea groups is 2. The molecule has 2 aromatic rings. The number of ether oxygens (including phenoxy) is 1. The second-order valence-corrected chi connectivity index (χ2v) is 6.70. The average molecular weight is 424 g/mol. The van der Waals surface area contributed by atoms with Crippen LogP contribution in [0, 0.1) is 0 Å². The van der Waals surface area contributed by atoms with Crippen LogP contribution in [0.2, 0.25) is 0 Å². The third-order valence-electron chi connectivity index (χ3n) is 4.36. The minimum absolute atomic E-state index is 0.00147. The molecule has 1 aliphatic heterocycles. The SMILES string of the molecule is CC(OC(=O)c1cccc(CN2C(=O)CNC2=O)c1)C(=O)NC(=O)Nc1ccccc1. The van der Waals surface area contributed by atoms with Crippen molar-refractivity contribution in [3.05, 3.63) is 65.7 Å². The van der Waals surface area contributed by atoms with Crippen molar-refractivity contribution < 1.29 is 28.7 Å². The molecule has 0 saturated carbocycles. The minimum Gasteiger partial charge on any atom is -0.449 e. The lowest BCUT2D eigenvalue weighted by molar-refractivity contribution is -0.128. The van der Waals surface area contributed by atoms with Gasteiger partial charge in [-0.15, -0.1) is 0 Å². The number of hydrogen-bond donors (Lipinski definition) is 3. The van der Waals surface area contributed by atoms with E-state index in [0.29, 0.717) is 11.3 Å². The van der Waals surface area contributed by atoms with Crippen molar-refractivity contribution in [3.63, 3.8) is 0 Å². The molecular formula is C21H20N4O6. The Balaban J connectivity index is 1.55. The molecule has 0 bridgehead atoms. The number of amides is 6. The molecule has 3 N–H and O–H groups in total. The second kappa shape index (κ2) is 9.53. The molecule has 1 atom stereocenters. The number of carbonyl (C=O) groups is 5. The van der Waals surface area contributed by atoms with Crippen molar-refractivity contribution >= 4 is 35.5 Å². The number of nitrogens with one attached hydrogen (secondary N) is 3. The second-order valence-electron chi connectivity index (χ2n) is 6.70. The fourth-order valence-electron chi connectivity index (χ4n) is 2.77. The van der Waals surface area contributed by atoms with Crippen molar-refractivity contribution in [1.82, 2.24) is 15.5 Å². The smallest absolute Gasteiger partial charge is 0.338 e. The third kappa shape index (κ3) is 5.66. The van der Waals surface area contributed by atoms with E-state index >= 15 is 0 Å². The summed E-state index contributed by atoms with van der Waals surface area (Å²) in [4.78, 5) is 60.8. The molecule has 2 aromatic carbocycles. The summed E-state index contributed by atoms with van der Waals surface area (Å²) in [7, 11) is 0. The molecule has 10 heteroatoms. The summed E-state index contributed by atoms with van der Waals surface area (Å²) in [5.41, 5.74) is 1.18. The van der Waals surface area contributed by atoms with Crippen LogP contribution in [-0.4, -0.2) is 47.4 Å². The molecule has 6 amide bonds. The predicted molar refractivity (Wildman–Crippen MR) is 109 cm³/mol. The molecular weight excluding hydrogens is 404 g/mol. The maximum Gasteiger partial charge on any atom is 0.338 e. The number of anilines is 1. The van der Waals surface area contributed by atoms with Crippen LogP contribution in [0.25, 0.3) is 0 Å². The van der Waals surface area contributed by atoms with Crippen LogP contribution in [0.5, 0.6) is 0 Å². The van der Waals surface area contributed by atoms with Crippen molar-refractivity contribution in [2.75, 3.05) is 11.9 Å². The topological polar surface area (TPSA) is 134 Å². The summed E-state index contributed by atoms with van der Waals surface area (Å²) >= 11 is 0. The van der Waals surface area contributed by atoms with E-state index in [2.05, 4.69) is 16.0 Å². The van der Waals surface area contributed by atoms with Crippen LogP contribution >= 0.6 is 0 Å². The maximum absolute atomic E-state index is 12.4. The lowest BCUT2D eigenvalue weighted by Crippen LogP contribution is -2.41. The van der Waals surface area contributed by atoms with E-state index in [-0.39, 0.29) is 24.6 Å². The van der Waals surface area contributed by atoms with Gasteiger partial charge in [-0.05, 0) is 36.8 Å². The normalized spacial score (nSPS) is 13.9. The van der Waals surface area contributed by atoms with Gasteiger partial charge in [0.15, 0.2) is 6.10 Å². The van der Waals surface area contributed by atoms with E-state index in [1.165, 1.54) is 19.1 Å². The van der Waals surface area contributed by atoms with Gasteiger partial charge in [-0.25, -0.2) is 14.4 Å². The van der Waals surface area contributed by atoms with Gasteiger partial charge in [0.05, 0.1) is 18.7 Å².